The van der Waals surface area contributed by atoms with Gasteiger partial charge in [-0.2, -0.15) is 13.2 Å². The van der Waals surface area contributed by atoms with Crippen LogP contribution in [0.5, 0.6) is 0 Å². The van der Waals surface area contributed by atoms with Crippen molar-refractivity contribution >= 4 is 11.7 Å². The Morgan fingerprint density at radius 1 is 1.37 bits per heavy atom. The Morgan fingerprint density at radius 3 is 2.84 bits per heavy atom. The van der Waals surface area contributed by atoms with Gasteiger partial charge >= 0.3 is 12.2 Å². The van der Waals surface area contributed by atoms with Gasteiger partial charge in [0, 0.05) is 12.2 Å². The third kappa shape index (κ3) is 4.04. The molecule has 0 spiro atoms. The number of rotatable bonds is 2. The highest BCUT2D eigenvalue weighted by Gasteiger charge is 2.28. The average Bonchev–Trinajstić information content (AvgIpc) is 2.35. The molecule has 1 aromatic rings. The van der Waals surface area contributed by atoms with E-state index in [9.17, 15) is 18.0 Å². The molecule has 1 aliphatic rings. The molecule has 2 amide bonds. The molecule has 1 aromatic carbocycles. The molecule has 4 nitrogen and oxygen atoms in total. The van der Waals surface area contributed by atoms with Crippen LogP contribution in [-0.4, -0.2) is 31.3 Å². The summed E-state index contributed by atoms with van der Waals surface area (Å²) in [7, 11) is 0. The molecule has 1 heterocycles. The maximum atomic E-state index is 11.9. The third-order valence-electron chi connectivity index (χ3n) is 2.81. The molecule has 0 saturated carbocycles. The van der Waals surface area contributed by atoms with Gasteiger partial charge in [-0.1, -0.05) is 18.2 Å². The van der Waals surface area contributed by atoms with Crippen molar-refractivity contribution in [1.82, 2.24) is 10.6 Å². The van der Waals surface area contributed by atoms with Gasteiger partial charge in [0.15, 0.2) is 0 Å². The van der Waals surface area contributed by atoms with E-state index in [-0.39, 0.29) is 6.04 Å². The normalized spacial score (nSPS) is 18.2. The second-order valence-corrected chi connectivity index (χ2v) is 4.38. The van der Waals surface area contributed by atoms with Gasteiger partial charge in [-0.25, -0.2) is 4.79 Å². The van der Waals surface area contributed by atoms with Crippen molar-refractivity contribution in [3.8, 4) is 0 Å². The lowest BCUT2D eigenvalue weighted by Gasteiger charge is -2.27. The minimum atomic E-state index is -4.39. The van der Waals surface area contributed by atoms with Gasteiger partial charge in [-0.3, -0.25) is 0 Å². The Hall–Kier alpha value is -1.92. The van der Waals surface area contributed by atoms with Gasteiger partial charge in [-0.05, 0) is 18.1 Å². The number of hydrogen-bond donors (Lipinski definition) is 3. The molecule has 0 radical (unpaired) electrons. The number of para-hydroxylation sites is 1. The lowest BCUT2D eigenvalue weighted by Crippen LogP contribution is -2.49. The highest BCUT2D eigenvalue weighted by Crippen LogP contribution is 2.20. The van der Waals surface area contributed by atoms with Crippen LogP contribution in [0.2, 0.25) is 0 Å². The summed E-state index contributed by atoms with van der Waals surface area (Å²) >= 11 is 0. The highest BCUT2D eigenvalue weighted by atomic mass is 19.4. The van der Waals surface area contributed by atoms with Gasteiger partial charge in [0.05, 0.1) is 6.04 Å². The molecule has 0 bridgehead atoms. The molecule has 1 unspecified atom stereocenters. The smallest absolute Gasteiger partial charge is 0.383 e. The number of carbonyl (C=O) groups is 1. The lowest BCUT2D eigenvalue weighted by atomic mass is 10.00. The molecule has 19 heavy (non-hydrogen) atoms. The first-order chi connectivity index (χ1) is 8.94. The molecular weight excluding hydrogens is 259 g/mol. The average molecular weight is 273 g/mol. The molecular formula is C12H14F3N3O. The molecule has 0 aliphatic carbocycles. The molecule has 1 atom stereocenters. The molecule has 3 N–H and O–H groups in total. The van der Waals surface area contributed by atoms with E-state index in [4.69, 9.17) is 0 Å². The van der Waals surface area contributed by atoms with Gasteiger partial charge < -0.3 is 16.0 Å². The van der Waals surface area contributed by atoms with Crippen molar-refractivity contribution in [1.29, 1.82) is 0 Å². The van der Waals surface area contributed by atoms with E-state index in [1.54, 1.807) is 5.32 Å². The molecule has 7 heteroatoms. The first-order valence-corrected chi connectivity index (χ1v) is 5.87. The number of nitrogens with one attached hydrogen (secondary N) is 3. The standard InChI is InChI=1S/C12H14F3N3O/c13-12(14,15)7-17-11(19)18-9-5-8-3-1-2-4-10(8)16-6-9/h1-4,9,16H,5-7H2,(H2,17,18,19). The van der Waals surface area contributed by atoms with Crippen molar-refractivity contribution in [2.75, 3.05) is 18.4 Å². The largest absolute Gasteiger partial charge is 0.405 e. The minimum Gasteiger partial charge on any atom is -0.383 e. The second kappa shape index (κ2) is 5.38. The molecule has 0 saturated heterocycles. The van der Waals surface area contributed by atoms with E-state index in [1.807, 2.05) is 24.3 Å². The summed E-state index contributed by atoms with van der Waals surface area (Å²) in [5.41, 5.74) is 2.03. The Labute approximate surface area is 108 Å². The predicted octanol–water partition coefficient (Wildman–Crippen LogP) is 1.88. The Bertz CT molecular complexity index is 462. The number of fused-ring (bicyclic) bond motifs is 1. The van der Waals surface area contributed by atoms with Crippen LogP contribution in [0.1, 0.15) is 5.56 Å². The Balaban J connectivity index is 1.84. The van der Waals surface area contributed by atoms with Crippen molar-refractivity contribution in [2.45, 2.75) is 18.6 Å². The zero-order valence-electron chi connectivity index (χ0n) is 10.1. The molecule has 1 aliphatic heterocycles. The van der Waals surface area contributed by atoms with E-state index >= 15 is 0 Å². The van der Waals surface area contributed by atoms with Crippen molar-refractivity contribution in [3.63, 3.8) is 0 Å². The van der Waals surface area contributed by atoms with E-state index in [1.165, 1.54) is 0 Å². The van der Waals surface area contributed by atoms with Crippen LogP contribution >= 0.6 is 0 Å². The number of alkyl halides is 3. The summed E-state index contributed by atoms with van der Waals surface area (Å²) < 4.78 is 35.8. The van der Waals surface area contributed by atoms with Crippen LogP contribution in [0, 0.1) is 0 Å². The molecule has 2 rings (SSSR count). The van der Waals surface area contributed by atoms with Crippen molar-refractivity contribution < 1.29 is 18.0 Å². The van der Waals surface area contributed by atoms with E-state index in [0.29, 0.717) is 13.0 Å². The van der Waals surface area contributed by atoms with Crippen LogP contribution in [0.3, 0.4) is 0 Å². The molecule has 104 valence electrons. The monoisotopic (exact) mass is 273 g/mol. The number of benzene rings is 1. The maximum absolute atomic E-state index is 11.9. The maximum Gasteiger partial charge on any atom is 0.405 e. The van der Waals surface area contributed by atoms with Crippen LogP contribution in [0.25, 0.3) is 0 Å². The molecule has 0 fully saturated rings. The third-order valence-corrected chi connectivity index (χ3v) is 2.81. The molecule has 0 aromatic heterocycles. The fourth-order valence-corrected chi connectivity index (χ4v) is 1.96. The van der Waals surface area contributed by atoms with E-state index in [0.717, 1.165) is 11.3 Å². The number of anilines is 1. The van der Waals surface area contributed by atoms with Crippen LogP contribution in [0.4, 0.5) is 23.7 Å². The minimum absolute atomic E-state index is 0.219. The topological polar surface area (TPSA) is 53.2 Å². The van der Waals surface area contributed by atoms with Crippen molar-refractivity contribution in [3.05, 3.63) is 29.8 Å². The summed E-state index contributed by atoms with van der Waals surface area (Å²) in [5, 5.41) is 7.44. The summed E-state index contributed by atoms with van der Waals surface area (Å²) in [6.07, 6.45) is -3.79. The first kappa shape index (κ1) is 13.5. The van der Waals surface area contributed by atoms with Crippen LogP contribution in [0.15, 0.2) is 24.3 Å². The Morgan fingerprint density at radius 2 is 2.11 bits per heavy atom. The lowest BCUT2D eigenvalue weighted by molar-refractivity contribution is -0.122. The zero-order valence-corrected chi connectivity index (χ0v) is 10.1. The highest BCUT2D eigenvalue weighted by molar-refractivity contribution is 5.74. The Kier molecular flexibility index (Phi) is 3.82. The number of hydrogen-bond acceptors (Lipinski definition) is 2. The zero-order chi connectivity index (χ0) is 13.9. The van der Waals surface area contributed by atoms with Gasteiger partial charge in [0.25, 0.3) is 0 Å². The second-order valence-electron chi connectivity index (χ2n) is 4.38. The number of halogens is 3. The van der Waals surface area contributed by atoms with Crippen LogP contribution in [-0.2, 0) is 6.42 Å². The number of urea groups is 1. The fourth-order valence-electron chi connectivity index (χ4n) is 1.96. The van der Waals surface area contributed by atoms with Gasteiger partial charge in [0.2, 0.25) is 0 Å². The summed E-state index contributed by atoms with van der Waals surface area (Å²) in [4.78, 5) is 11.3. The van der Waals surface area contributed by atoms with E-state index < -0.39 is 18.8 Å². The van der Waals surface area contributed by atoms with Gasteiger partial charge in [0.1, 0.15) is 6.54 Å². The first-order valence-electron chi connectivity index (χ1n) is 5.87. The predicted molar refractivity (Wildman–Crippen MR) is 65.0 cm³/mol. The number of amides is 2. The summed E-state index contributed by atoms with van der Waals surface area (Å²) in [6, 6.07) is 6.60. The number of carbonyl (C=O) groups excluding carboxylic acids is 1. The quantitative estimate of drug-likeness (QED) is 0.770. The fraction of sp³-hybridized carbons (Fsp3) is 0.417. The van der Waals surface area contributed by atoms with Crippen molar-refractivity contribution in [2.24, 2.45) is 0 Å². The summed E-state index contributed by atoms with van der Waals surface area (Å²) in [5.74, 6) is 0. The summed E-state index contributed by atoms with van der Waals surface area (Å²) in [6.45, 7) is -0.827. The van der Waals surface area contributed by atoms with Crippen LogP contribution < -0.4 is 16.0 Å². The van der Waals surface area contributed by atoms with Gasteiger partial charge in [-0.15, -0.1) is 0 Å². The SMILES string of the molecule is O=C(NCC(F)(F)F)NC1CNc2ccccc2C1. The van der Waals surface area contributed by atoms with E-state index in [2.05, 4.69) is 10.6 Å².